The Morgan fingerprint density at radius 2 is 1.79 bits per heavy atom. The first kappa shape index (κ1) is 22.5. The van der Waals surface area contributed by atoms with Crippen molar-refractivity contribution in [2.75, 3.05) is 14.2 Å². The number of hydrogen-bond donors (Lipinski definition) is 2. The normalized spacial score (nSPS) is 12.4. The lowest BCUT2D eigenvalue weighted by Gasteiger charge is -2.03. The molecule has 1 aromatic rings. The molecule has 0 aromatic heterocycles. The molecule has 0 amide bonds. The molecule has 0 atom stereocenters. The number of aromatic hydroxyl groups is 1. The minimum Gasteiger partial charge on any atom is -0.504 e. The second-order valence-electron chi connectivity index (χ2n) is 5.57. The lowest BCUT2D eigenvalue weighted by Crippen LogP contribution is -2.01. The summed E-state index contributed by atoms with van der Waals surface area (Å²) in [4.78, 5) is 23.7. The van der Waals surface area contributed by atoms with E-state index in [4.69, 9.17) is 9.47 Å². The van der Waals surface area contributed by atoms with Crippen molar-refractivity contribution in [3.8, 4) is 11.5 Å². The van der Waals surface area contributed by atoms with Crippen LogP contribution in [0.5, 0.6) is 11.5 Å². The smallest absolute Gasteiger partial charge is 0.163 e. The number of carbonyl (C=O) groups excluding carboxylic acids is 2. The highest BCUT2D eigenvalue weighted by atomic mass is 16.5. The lowest BCUT2D eigenvalue weighted by atomic mass is 10.1. The Bertz CT molecular complexity index is 827. The molecule has 6 nitrogen and oxygen atoms in total. The van der Waals surface area contributed by atoms with Gasteiger partial charge in [0.05, 0.1) is 20.6 Å². The number of phenolic OH excluding ortho intramolecular Hbond substituents is 1. The van der Waals surface area contributed by atoms with Gasteiger partial charge in [0.25, 0.3) is 0 Å². The zero-order chi connectivity index (χ0) is 20.9. The number of ether oxygens (including phenoxy) is 2. The molecule has 1 aromatic carbocycles. The molecule has 0 aliphatic carbocycles. The molecule has 0 aliphatic heterocycles. The van der Waals surface area contributed by atoms with Crippen LogP contribution in [0.4, 0.5) is 0 Å². The van der Waals surface area contributed by atoms with E-state index in [-0.39, 0.29) is 35.3 Å². The number of methoxy groups -OCH3 is 2. The molecule has 1 rings (SSSR count). The molecule has 0 heterocycles. The topological polar surface area (TPSA) is 93.1 Å². The molecule has 28 heavy (non-hydrogen) atoms. The largest absolute Gasteiger partial charge is 0.504 e. The predicted octanol–water partition coefficient (Wildman–Crippen LogP) is 4.05. The summed E-state index contributed by atoms with van der Waals surface area (Å²) < 4.78 is 9.89. The molecule has 0 fully saturated rings. The number of rotatable bonds is 11. The molecule has 0 radical (unpaired) electrons. The van der Waals surface area contributed by atoms with E-state index in [0.717, 1.165) is 0 Å². The molecular formula is C22H24O6. The number of ketones is 2. The standard InChI is InChI=1S/C22H24O6/c1-4-21(27-2)19(25)9-7-5-6-8-17(23)15-18(24)12-10-16-11-13-20(26)22(14-16)28-3/h4,6-14,25-26H,1,5,15H2,2-3H3/b8-6+,9-7-,12-10+,21-19-. The van der Waals surface area contributed by atoms with Crippen LogP contribution < -0.4 is 4.74 Å². The number of phenols is 1. The minimum absolute atomic E-state index is 0.00656. The number of benzene rings is 1. The Hall–Kier alpha value is -3.54. The average molecular weight is 384 g/mol. The maximum absolute atomic E-state index is 11.9. The zero-order valence-electron chi connectivity index (χ0n) is 15.9. The number of allylic oxidation sites excluding steroid dienone is 6. The molecule has 2 N–H and O–H groups in total. The van der Waals surface area contributed by atoms with Crippen molar-refractivity contribution in [2.45, 2.75) is 12.8 Å². The Morgan fingerprint density at radius 3 is 2.43 bits per heavy atom. The van der Waals surface area contributed by atoms with E-state index >= 15 is 0 Å². The number of hydrogen-bond acceptors (Lipinski definition) is 6. The van der Waals surface area contributed by atoms with E-state index in [1.807, 2.05) is 0 Å². The third kappa shape index (κ3) is 7.78. The first-order chi connectivity index (χ1) is 13.4. The van der Waals surface area contributed by atoms with Crippen molar-refractivity contribution in [1.29, 1.82) is 0 Å². The highest BCUT2D eigenvalue weighted by molar-refractivity contribution is 6.09. The van der Waals surface area contributed by atoms with Crippen molar-refractivity contribution < 1.29 is 29.3 Å². The van der Waals surface area contributed by atoms with Crippen LogP contribution in [-0.4, -0.2) is 36.0 Å². The van der Waals surface area contributed by atoms with Crippen LogP contribution >= 0.6 is 0 Å². The second-order valence-corrected chi connectivity index (χ2v) is 5.57. The summed E-state index contributed by atoms with van der Waals surface area (Å²) in [5.74, 6) is -0.174. The molecule has 0 unspecified atom stereocenters. The van der Waals surface area contributed by atoms with Crippen molar-refractivity contribution in [2.24, 2.45) is 0 Å². The van der Waals surface area contributed by atoms with Gasteiger partial charge in [-0.25, -0.2) is 0 Å². The van der Waals surface area contributed by atoms with E-state index in [1.54, 1.807) is 30.4 Å². The molecular weight excluding hydrogens is 360 g/mol. The third-order valence-electron chi connectivity index (χ3n) is 3.52. The summed E-state index contributed by atoms with van der Waals surface area (Å²) in [6.07, 6.45) is 10.4. The maximum atomic E-state index is 11.9. The summed E-state index contributed by atoms with van der Waals surface area (Å²) in [6, 6.07) is 4.67. The van der Waals surface area contributed by atoms with Crippen molar-refractivity contribution in [1.82, 2.24) is 0 Å². The highest BCUT2D eigenvalue weighted by Crippen LogP contribution is 2.26. The van der Waals surface area contributed by atoms with E-state index < -0.39 is 0 Å². The van der Waals surface area contributed by atoms with Gasteiger partial charge in [0.1, 0.15) is 0 Å². The van der Waals surface area contributed by atoms with Gasteiger partial charge in [0, 0.05) is 0 Å². The molecule has 0 saturated heterocycles. The van der Waals surface area contributed by atoms with Gasteiger partial charge in [-0.1, -0.05) is 30.9 Å². The quantitative estimate of drug-likeness (QED) is 0.259. The molecule has 0 spiro atoms. The van der Waals surface area contributed by atoms with Crippen LogP contribution in [0.3, 0.4) is 0 Å². The number of carbonyl (C=O) groups is 2. The van der Waals surface area contributed by atoms with Crippen LogP contribution in [0, 0.1) is 0 Å². The van der Waals surface area contributed by atoms with Crippen LogP contribution in [0.1, 0.15) is 18.4 Å². The van der Waals surface area contributed by atoms with Gasteiger partial charge in [0.2, 0.25) is 0 Å². The van der Waals surface area contributed by atoms with Crippen LogP contribution in [0.25, 0.3) is 6.08 Å². The van der Waals surface area contributed by atoms with Gasteiger partial charge in [0.15, 0.2) is 34.6 Å². The SMILES string of the molecule is C=C/C(OC)=C(O)\C=C/C/C=C/C(=O)CC(=O)/C=C/c1ccc(O)c(OC)c1. The summed E-state index contributed by atoms with van der Waals surface area (Å²) in [7, 11) is 2.85. The number of aliphatic hydroxyl groups excluding tert-OH is 1. The van der Waals surface area contributed by atoms with E-state index in [9.17, 15) is 19.8 Å². The fraction of sp³-hybridized carbons (Fsp3) is 0.182. The summed E-state index contributed by atoms with van der Waals surface area (Å²) in [5.41, 5.74) is 0.666. The number of aliphatic hydroxyl groups is 1. The third-order valence-corrected chi connectivity index (χ3v) is 3.52. The minimum atomic E-state index is -0.339. The maximum Gasteiger partial charge on any atom is 0.163 e. The monoisotopic (exact) mass is 384 g/mol. The molecule has 0 saturated carbocycles. The summed E-state index contributed by atoms with van der Waals surface area (Å²) in [5, 5.41) is 19.2. The van der Waals surface area contributed by atoms with Crippen molar-refractivity contribution in [3.63, 3.8) is 0 Å². The fourth-order valence-electron chi connectivity index (χ4n) is 2.11. The first-order valence-corrected chi connectivity index (χ1v) is 8.44. The molecule has 0 bridgehead atoms. The highest BCUT2D eigenvalue weighted by Gasteiger charge is 2.04. The molecule has 6 heteroatoms. The van der Waals surface area contributed by atoms with Gasteiger partial charge in [-0.2, -0.15) is 0 Å². The lowest BCUT2D eigenvalue weighted by molar-refractivity contribution is -0.121. The fourth-order valence-corrected chi connectivity index (χ4v) is 2.11. The van der Waals surface area contributed by atoms with Gasteiger partial charge in [-0.05, 0) is 48.4 Å². The van der Waals surface area contributed by atoms with Crippen LogP contribution in [-0.2, 0) is 14.3 Å². The van der Waals surface area contributed by atoms with Crippen molar-refractivity contribution >= 4 is 17.6 Å². The predicted molar refractivity (Wildman–Crippen MR) is 108 cm³/mol. The van der Waals surface area contributed by atoms with E-state index in [2.05, 4.69) is 6.58 Å². The summed E-state index contributed by atoms with van der Waals surface area (Å²) in [6.45, 7) is 3.50. The average Bonchev–Trinajstić information content (AvgIpc) is 2.68. The van der Waals surface area contributed by atoms with Gasteiger partial charge < -0.3 is 19.7 Å². The van der Waals surface area contributed by atoms with Gasteiger partial charge in [-0.3, -0.25) is 9.59 Å². The van der Waals surface area contributed by atoms with E-state index in [1.165, 1.54) is 44.6 Å². The zero-order valence-corrected chi connectivity index (χ0v) is 15.9. The Kier molecular flexibility index (Phi) is 9.61. The van der Waals surface area contributed by atoms with E-state index in [0.29, 0.717) is 17.7 Å². The Labute approximate surface area is 164 Å². The summed E-state index contributed by atoms with van der Waals surface area (Å²) >= 11 is 0. The first-order valence-electron chi connectivity index (χ1n) is 8.44. The molecule has 0 aliphatic rings. The second kappa shape index (κ2) is 12.0. The van der Waals surface area contributed by atoms with Gasteiger partial charge >= 0.3 is 0 Å². The van der Waals surface area contributed by atoms with Gasteiger partial charge in [-0.15, -0.1) is 0 Å². The Morgan fingerprint density at radius 1 is 1.11 bits per heavy atom. The Balaban J connectivity index is 2.52. The van der Waals surface area contributed by atoms with Crippen LogP contribution in [0.2, 0.25) is 0 Å². The van der Waals surface area contributed by atoms with Crippen molar-refractivity contribution in [3.05, 3.63) is 78.3 Å². The molecule has 148 valence electrons. The van der Waals surface area contributed by atoms with Crippen LogP contribution in [0.15, 0.2) is 72.8 Å².